The molecule has 3 aromatic carbocycles. The molecule has 0 saturated heterocycles. The van der Waals surface area contributed by atoms with Crippen molar-refractivity contribution in [2.45, 2.75) is 13.0 Å². The monoisotopic (exact) mass is 346 g/mol. The third kappa shape index (κ3) is 4.03. The maximum atomic E-state index is 12.4. The van der Waals surface area contributed by atoms with Crippen LogP contribution in [0.3, 0.4) is 0 Å². The summed E-state index contributed by atoms with van der Waals surface area (Å²) in [6, 6.07) is 25.4. The van der Waals surface area contributed by atoms with Gasteiger partial charge in [0.05, 0.1) is 18.2 Å². The number of hydrogen-bond donors (Lipinski definition) is 2. The van der Waals surface area contributed by atoms with E-state index >= 15 is 0 Å². The molecule has 0 fully saturated rings. The Kier molecular flexibility index (Phi) is 5.54. The van der Waals surface area contributed by atoms with E-state index in [2.05, 4.69) is 29.6 Å². The molecule has 4 heteroatoms. The molecule has 0 radical (unpaired) electrons. The van der Waals surface area contributed by atoms with Crippen LogP contribution in [0.4, 0.5) is 11.4 Å². The quantitative estimate of drug-likeness (QED) is 0.504. The number of benzene rings is 3. The fraction of sp³-hybridized carbons (Fsp3) is 0.136. The van der Waals surface area contributed by atoms with Crippen molar-refractivity contribution in [3.63, 3.8) is 0 Å². The molecule has 0 aromatic heterocycles. The maximum Gasteiger partial charge on any atom is 0.340 e. The van der Waals surface area contributed by atoms with E-state index in [1.54, 1.807) is 19.1 Å². The minimum absolute atomic E-state index is 0.103. The first kappa shape index (κ1) is 17.5. The third-order valence-electron chi connectivity index (χ3n) is 4.10. The standard InChI is InChI=1S/C22H22N2O2/c1-2-26-22(25)19-15-18(23)13-14-20(19)24-21(16-9-5-3-6-10-16)17-11-7-4-8-12-17/h3-15,21,24H,2,23H2,1H3. The lowest BCUT2D eigenvalue weighted by Gasteiger charge is -2.22. The first-order valence-corrected chi connectivity index (χ1v) is 8.62. The van der Waals surface area contributed by atoms with Crippen molar-refractivity contribution in [2.24, 2.45) is 0 Å². The highest BCUT2D eigenvalue weighted by molar-refractivity contribution is 5.96. The van der Waals surface area contributed by atoms with Crippen LogP contribution < -0.4 is 11.1 Å². The van der Waals surface area contributed by atoms with Gasteiger partial charge >= 0.3 is 5.97 Å². The second-order valence-corrected chi connectivity index (χ2v) is 5.92. The summed E-state index contributed by atoms with van der Waals surface area (Å²) in [6.07, 6.45) is 0. The molecule has 132 valence electrons. The topological polar surface area (TPSA) is 64.3 Å². The molecule has 0 atom stereocenters. The van der Waals surface area contributed by atoms with E-state index in [4.69, 9.17) is 10.5 Å². The molecule has 26 heavy (non-hydrogen) atoms. The molecule has 0 spiro atoms. The summed E-state index contributed by atoms with van der Waals surface area (Å²) in [4.78, 5) is 12.4. The number of ether oxygens (including phenoxy) is 1. The summed E-state index contributed by atoms with van der Waals surface area (Å²) in [5.74, 6) is -0.387. The Hall–Kier alpha value is -3.27. The third-order valence-corrected chi connectivity index (χ3v) is 4.10. The Bertz CT molecular complexity index is 824. The van der Waals surface area contributed by atoms with Gasteiger partial charge in [-0.25, -0.2) is 4.79 Å². The van der Waals surface area contributed by atoms with Crippen molar-refractivity contribution < 1.29 is 9.53 Å². The number of anilines is 2. The van der Waals surface area contributed by atoms with Crippen molar-refractivity contribution in [3.05, 3.63) is 95.6 Å². The van der Waals surface area contributed by atoms with Crippen LogP contribution in [0, 0.1) is 0 Å². The van der Waals surface area contributed by atoms with E-state index in [0.29, 0.717) is 23.5 Å². The van der Waals surface area contributed by atoms with Gasteiger partial charge in [-0.2, -0.15) is 0 Å². The van der Waals surface area contributed by atoms with Gasteiger partial charge in [0.25, 0.3) is 0 Å². The average Bonchev–Trinajstić information content (AvgIpc) is 2.68. The predicted octanol–water partition coefficient (Wildman–Crippen LogP) is 4.65. The molecule has 0 bridgehead atoms. The summed E-state index contributed by atoms with van der Waals surface area (Å²) >= 11 is 0. The normalized spacial score (nSPS) is 10.5. The minimum atomic E-state index is -0.387. The maximum absolute atomic E-state index is 12.4. The Labute approximate surface area is 153 Å². The number of hydrogen-bond acceptors (Lipinski definition) is 4. The van der Waals surface area contributed by atoms with Gasteiger partial charge in [0.1, 0.15) is 0 Å². The highest BCUT2D eigenvalue weighted by Gasteiger charge is 2.19. The number of carbonyl (C=O) groups excluding carboxylic acids is 1. The second-order valence-electron chi connectivity index (χ2n) is 5.92. The van der Waals surface area contributed by atoms with Crippen LogP contribution in [0.2, 0.25) is 0 Å². The fourth-order valence-electron chi connectivity index (χ4n) is 2.87. The highest BCUT2D eigenvalue weighted by atomic mass is 16.5. The van der Waals surface area contributed by atoms with Gasteiger partial charge in [0, 0.05) is 11.4 Å². The summed E-state index contributed by atoms with van der Waals surface area (Å²) in [6.45, 7) is 2.10. The molecule has 0 aliphatic heterocycles. The Morgan fingerprint density at radius 2 is 1.54 bits per heavy atom. The summed E-state index contributed by atoms with van der Waals surface area (Å²) in [5.41, 5.74) is 9.73. The SMILES string of the molecule is CCOC(=O)c1cc(N)ccc1NC(c1ccccc1)c1ccccc1. The number of nitrogens with one attached hydrogen (secondary N) is 1. The lowest BCUT2D eigenvalue weighted by molar-refractivity contribution is 0.0527. The van der Waals surface area contributed by atoms with E-state index < -0.39 is 0 Å². The number of rotatable bonds is 6. The fourth-order valence-corrected chi connectivity index (χ4v) is 2.87. The van der Waals surface area contributed by atoms with Crippen LogP contribution in [0.15, 0.2) is 78.9 Å². The summed E-state index contributed by atoms with van der Waals surface area (Å²) < 4.78 is 5.18. The lowest BCUT2D eigenvalue weighted by atomic mass is 9.98. The molecular formula is C22H22N2O2. The molecule has 3 aromatic rings. The zero-order chi connectivity index (χ0) is 18.4. The highest BCUT2D eigenvalue weighted by Crippen LogP contribution is 2.29. The Balaban J connectivity index is 2.01. The lowest BCUT2D eigenvalue weighted by Crippen LogP contribution is -2.16. The molecular weight excluding hydrogens is 324 g/mol. The van der Waals surface area contributed by atoms with Crippen LogP contribution >= 0.6 is 0 Å². The molecule has 0 aliphatic rings. The van der Waals surface area contributed by atoms with E-state index in [9.17, 15) is 4.79 Å². The van der Waals surface area contributed by atoms with Crippen LogP contribution in [0.1, 0.15) is 34.5 Å². The van der Waals surface area contributed by atoms with Gasteiger partial charge < -0.3 is 15.8 Å². The van der Waals surface area contributed by atoms with Crippen molar-refractivity contribution in [2.75, 3.05) is 17.7 Å². The van der Waals surface area contributed by atoms with E-state index in [-0.39, 0.29) is 12.0 Å². The van der Waals surface area contributed by atoms with Gasteiger partial charge in [-0.1, -0.05) is 60.7 Å². The smallest absolute Gasteiger partial charge is 0.340 e. The molecule has 3 rings (SSSR count). The molecule has 3 N–H and O–H groups in total. The molecule has 0 saturated carbocycles. The molecule has 0 heterocycles. The van der Waals surface area contributed by atoms with Crippen molar-refractivity contribution in [1.29, 1.82) is 0 Å². The van der Waals surface area contributed by atoms with E-state index in [0.717, 1.165) is 11.1 Å². The molecule has 4 nitrogen and oxygen atoms in total. The van der Waals surface area contributed by atoms with Crippen LogP contribution in [0.25, 0.3) is 0 Å². The Morgan fingerprint density at radius 1 is 0.962 bits per heavy atom. The number of carbonyl (C=O) groups is 1. The number of esters is 1. The zero-order valence-electron chi connectivity index (χ0n) is 14.7. The number of nitrogens with two attached hydrogens (primary N) is 1. The van der Waals surface area contributed by atoms with Crippen LogP contribution in [0.5, 0.6) is 0 Å². The first-order valence-electron chi connectivity index (χ1n) is 8.62. The summed E-state index contributed by atoms with van der Waals surface area (Å²) in [7, 11) is 0. The Morgan fingerprint density at radius 3 is 2.08 bits per heavy atom. The van der Waals surface area contributed by atoms with Gasteiger partial charge in [-0.05, 0) is 36.2 Å². The average molecular weight is 346 g/mol. The summed E-state index contributed by atoms with van der Waals surface area (Å²) in [5, 5.41) is 3.49. The first-order chi connectivity index (χ1) is 12.7. The molecule has 0 unspecified atom stereocenters. The zero-order valence-corrected chi connectivity index (χ0v) is 14.7. The molecule has 0 aliphatic carbocycles. The van der Waals surface area contributed by atoms with Gasteiger partial charge in [-0.15, -0.1) is 0 Å². The number of nitrogen functional groups attached to an aromatic ring is 1. The van der Waals surface area contributed by atoms with Gasteiger partial charge in [0.2, 0.25) is 0 Å². The van der Waals surface area contributed by atoms with Gasteiger partial charge in [-0.3, -0.25) is 0 Å². The van der Waals surface area contributed by atoms with Crippen molar-refractivity contribution in [3.8, 4) is 0 Å². The molecule has 0 amide bonds. The largest absolute Gasteiger partial charge is 0.462 e. The van der Waals surface area contributed by atoms with Crippen molar-refractivity contribution in [1.82, 2.24) is 0 Å². The van der Waals surface area contributed by atoms with Crippen molar-refractivity contribution >= 4 is 17.3 Å². The van der Waals surface area contributed by atoms with E-state index in [1.165, 1.54) is 0 Å². The van der Waals surface area contributed by atoms with E-state index in [1.807, 2.05) is 42.5 Å². The van der Waals surface area contributed by atoms with Crippen LogP contribution in [-0.2, 0) is 4.74 Å². The van der Waals surface area contributed by atoms with Crippen LogP contribution in [-0.4, -0.2) is 12.6 Å². The predicted molar refractivity (Wildman–Crippen MR) is 105 cm³/mol. The van der Waals surface area contributed by atoms with Gasteiger partial charge in [0.15, 0.2) is 0 Å². The minimum Gasteiger partial charge on any atom is -0.462 e. The second kappa shape index (κ2) is 8.21.